The minimum Gasteiger partial charge on any atom is -0.360 e. The van der Waals surface area contributed by atoms with Crippen LogP contribution in [0.15, 0.2) is 10.6 Å². The average molecular weight is 423 g/mol. The normalized spacial score (nSPS) is 33.3. The van der Waals surface area contributed by atoms with Gasteiger partial charge in [-0.1, -0.05) is 5.16 Å². The van der Waals surface area contributed by atoms with Gasteiger partial charge in [-0.2, -0.15) is 4.31 Å². The third-order valence-corrected chi connectivity index (χ3v) is 9.18. The number of carbonyl (C=O) groups excluding carboxylic acids is 1. The highest BCUT2D eigenvalue weighted by Gasteiger charge is 2.47. The summed E-state index contributed by atoms with van der Waals surface area (Å²) in [5.41, 5.74) is 0.332. The van der Waals surface area contributed by atoms with Gasteiger partial charge in [0.15, 0.2) is 5.69 Å². The van der Waals surface area contributed by atoms with Crippen LogP contribution in [-0.4, -0.2) is 72.2 Å². The van der Waals surface area contributed by atoms with E-state index in [0.29, 0.717) is 24.5 Å². The van der Waals surface area contributed by atoms with E-state index in [4.69, 9.17) is 4.52 Å². The van der Waals surface area contributed by atoms with E-state index in [1.807, 2.05) is 7.05 Å². The Morgan fingerprint density at radius 2 is 1.93 bits per heavy atom. The van der Waals surface area contributed by atoms with Crippen LogP contribution in [0.4, 0.5) is 0 Å². The Morgan fingerprint density at radius 1 is 1.21 bits per heavy atom. The van der Waals surface area contributed by atoms with Crippen molar-refractivity contribution < 1.29 is 17.7 Å². The van der Waals surface area contributed by atoms with Crippen LogP contribution in [0.25, 0.3) is 0 Å². The van der Waals surface area contributed by atoms with Crippen molar-refractivity contribution in [2.24, 2.45) is 0 Å². The molecule has 3 saturated heterocycles. The quantitative estimate of drug-likeness (QED) is 0.750. The van der Waals surface area contributed by atoms with Crippen molar-refractivity contribution in [3.05, 3.63) is 17.5 Å². The number of hydrogen-bond donors (Lipinski definition) is 1. The molecule has 160 valence electrons. The fourth-order valence-electron chi connectivity index (χ4n) is 5.44. The Bertz CT molecular complexity index is 867. The van der Waals surface area contributed by atoms with Crippen LogP contribution in [-0.2, 0) is 10.0 Å². The molecular weight excluding hydrogens is 392 g/mol. The number of likely N-dealkylation sites (tertiary alicyclic amines) is 1. The molecule has 1 aliphatic carbocycles. The van der Waals surface area contributed by atoms with Crippen molar-refractivity contribution in [1.29, 1.82) is 0 Å². The lowest BCUT2D eigenvalue weighted by atomic mass is 9.99. The van der Waals surface area contributed by atoms with Crippen molar-refractivity contribution in [2.45, 2.75) is 81.5 Å². The van der Waals surface area contributed by atoms with Crippen LogP contribution in [0.5, 0.6) is 0 Å². The molecule has 0 spiro atoms. The predicted molar refractivity (Wildman–Crippen MR) is 107 cm³/mol. The molecule has 4 heterocycles. The molecule has 0 radical (unpaired) electrons. The van der Waals surface area contributed by atoms with Gasteiger partial charge < -0.3 is 14.7 Å². The fourth-order valence-corrected chi connectivity index (χ4v) is 7.81. The summed E-state index contributed by atoms with van der Waals surface area (Å²) in [6.45, 7) is 0.978. The lowest BCUT2D eigenvalue weighted by molar-refractivity contribution is 0.0900. The maximum Gasteiger partial charge on any atom is 0.273 e. The molecule has 5 rings (SSSR count). The van der Waals surface area contributed by atoms with E-state index in [0.717, 1.165) is 50.8 Å². The van der Waals surface area contributed by atoms with Crippen LogP contribution < -0.4 is 5.32 Å². The molecule has 29 heavy (non-hydrogen) atoms. The van der Waals surface area contributed by atoms with Gasteiger partial charge in [-0.25, -0.2) is 8.42 Å². The van der Waals surface area contributed by atoms with Gasteiger partial charge in [0.05, 0.1) is 5.75 Å². The first-order valence-electron chi connectivity index (χ1n) is 10.9. The molecule has 0 aromatic carbocycles. The van der Waals surface area contributed by atoms with Crippen LogP contribution in [0, 0.1) is 0 Å². The Kier molecular flexibility index (Phi) is 4.95. The number of amides is 1. The zero-order chi connectivity index (χ0) is 20.2. The third-order valence-electron chi connectivity index (χ3n) is 7.14. The van der Waals surface area contributed by atoms with E-state index in [-0.39, 0.29) is 35.8 Å². The second-order valence-corrected chi connectivity index (χ2v) is 11.2. The highest BCUT2D eigenvalue weighted by molar-refractivity contribution is 7.89. The summed E-state index contributed by atoms with van der Waals surface area (Å²) in [5, 5.41) is 6.99. The van der Waals surface area contributed by atoms with Gasteiger partial charge in [0.1, 0.15) is 5.76 Å². The number of piperidine rings is 1. The van der Waals surface area contributed by atoms with E-state index in [2.05, 4.69) is 15.4 Å². The Hall–Kier alpha value is -1.45. The Balaban J connectivity index is 1.22. The molecule has 3 aliphatic heterocycles. The Labute approximate surface area is 172 Å². The average Bonchev–Trinajstić information content (AvgIpc) is 3.14. The smallest absolute Gasteiger partial charge is 0.273 e. The Morgan fingerprint density at radius 3 is 2.55 bits per heavy atom. The summed E-state index contributed by atoms with van der Waals surface area (Å²) in [6.07, 6.45) is 7.34. The molecular formula is C20H30N4O4S. The SMILES string of the molecule is CN1CCCC1CS(=O)(=O)N1[C@@H]2CC[C@H]1C[C@@H](NC(=O)c1cc(C3CC3)on1)C2. The van der Waals surface area contributed by atoms with Crippen LogP contribution in [0.2, 0.25) is 0 Å². The van der Waals surface area contributed by atoms with Crippen molar-refractivity contribution in [1.82, 2.24) is 19.7 Å². The summed E-state index contributed by atoms with van der Waals surface area (Å²) < 4.78 is 33.4. The van der Waals surface area contributed by atoms with Crippen molar-refractivity contribution in [3.63, 3.8) is 0 Å². The number of rotatable bonds is 6. The zero-order valence-electron chi connectivity index (χ0n) is 16.9. The second-order valence-electron chi connectivity index (χ2n) is 9.30. The number of nitrogens with zero attached hydrogens (tertiary/aromatic N) is 3. The highest BCUT2D eigenvalue weighted by Crippen LogP contribution is 2.41. The molecule has 1 N–H and O–H groups in total. The number of carbonyl (C=O) groups is 1. The highest BCUT2D eigenvalue weighted by atomic mass is 32.2. The first-order valence-corrected chi connectivity index (χ1v) is 12.5. The van der Waals surface area contributed by atoms with Gasteiger partial charge in [0.2, 0.25) is 10.0 Å². The van der Waals surface area contributed by atoms with E-state index in [9.17, 15) is 13.2 Å². The monoisotopic (exact) mass is 422 g/mol. The van der Waals surface area contributed by atoms with Gasteiger partial charge in [0.25, 0.3) is 5.91 Å². The molecule has 1 aromatic heterocycles. The molecule has 4 fully saturated rings. The van der Waals surface area contributed by atoms with Gasteiger partial charge in [-0.15, -0.1) is 0 Å². The fraction of sp³-hybridized carbons (Fsp3) is 0.800. The molecule has 2 bridgehead atoms. The lowest BCUT2D eigenvalue weighted by Gasteiger charge is -2.38. The number of fused-ring (bicyclic) bond motifs is 2. The summed E-state index contributed by atoms with van der Waals surface area (Å²) in [5.74, 6) is 1.23. The van der Waals surface area contributed by atoms with E-state index in [1.54, 1.807) is 10.4 Å². The summed E-state index contributed by atoms with van der Waals surface area (Å²) >= 11 is 0. The van der Waals surface area contributed by atoms with Crippen LogP contribution in [0.3, 0.4) is 0 Å². The molecule has 1 saturated carbocycles. The number of sulfonamides is 1. The summed E-state index contributed by atoms with van der Waals surface area (Å²) in [4.78, 5) is 14.7. The van der Waals surface area contributed by atoms with E-state index >= 15 is 0 Å². The van der Waals surface area contributed by atoms with Crippen molar-refractivity contribution in [3.8, 4) is 0 Å². The maximum absolute atomic E-state index is 13.2. The predicted octanol–water partition coefficient (Wildman–Crippen LogP) is 1.70. The van der Waals surface area contributed by atoms with Crippen LogP contribution in [0.1, 0.15) is 73.5 Å². The minimum absolute atomic E-state index is 0.00454. The standard InChI is InChI=1S/C20H30N4O4S/c1-23-8-2-3-17(23)12-29(26,27)24-15-6-7-16(24)10-14(9-15)21-20(25)18-11-19(28-22-18)13-4-5-13/h11,13-17H,2-10,12H2,1H3,(H,21,25)/t14-,15+,16-,17?. The second kappa shape index (κ2) is 7.35. The molecule has 1 amide bonds. The third kappa shape index (κ3) is 3.84. The van der Waals surface area contributed by atoms with E-state index in [1.165, 1.54) is 0 Å². The molecule has 9 heteroatoms. The largest absolute Gasteiger partial charge is 0.360 e. The van der Waals surface area contributed by atoms with Crippen molar-refractivity contribution in [2.75, 3.05) is 19.3 Å². The van der Waals surface area contributed by atoms with Crippen molar-refractivity contribution >= 4 is 15.9 Å². The molecule has 8 nitrogen and oxygen atoms in total. The molecule has 4 aliphatic rings. The van der Waals surface area contributed by atoms with Gasteiger partial charge in [-0.3, -0.25) is 4.79 Å². The number of nitrogens with one attached hydrogen (secondary N) is 1. The number of aromatic nitrogens is 1. The first kappa shape index (κ1) is 19.5. The van der Waals surface area contributed by atoms with Gasteiger partial charge in [0, 0.05) is 36.2 Å². The van der Waals surface area contributed by atoms with E-state index < -0.39 is 10.0 Å². The van der Waals surface area contributed by atoms with Crippen LogP contribution >= 0.6 is 0 Å². The maximum atomic E-state index is 13.2. The molecule has 1 aromatic rings. The molecule has 4 atom stereocenters. The zero-order valence-corrected chi connectivity index (χ0v) is 17.7. The lowest BCUT2D eigenvalue weighted by Crippen LogP contribution is -2.54. The minimum atomic E-state index is -3.29. The topological polar surface area (TPSA) is 95.8 Å². The molecule has 1 unspecified atom stereocenters. The summed E-state index contributed by atoms with van der Waals surface area (Å²) in [6, 6.07) is 1.86. The first-order chi connectivity index (χ1) is 13.9. The summed E-state index contributed by atoms with van der Waals surface area (Å²) in [7, 11) is -1.27. The van der Waals surface area contributed by atoms with Gasteiger partial charge >= 0.3 is 0 Å². The number of hydrogen-bond acceptors (Lipinski definition) is 6. The van der Waals surface area contributed by atoms with Gasteiger partial charge in [-0.05, 0) is 65.0 Å².